The lowest BCUT2D eigenvalue weighted by Crippen LogP contribution is -2.45. The minimum Gasteiger partial charge on any atom is -0.314 e. The third kappa shape index (κ3) is 4.18. The highest BCUT2D eigenvalue weighted by Gasteiger charge is 2.36. The molecular weight excluding hydrogens is 308 g/mol. The first-order valence-electron chi connectivity index (χ1n) is 6.37. The minimum absolute atomic E-state index is 0. The van der Waals surface area contributed by atoms with Gasteiger partial charge in [0.1, 0.15) is 5.82 Å². The number of nitrogens with zero attached hydrogens (tertiary/aromatic N) is 1. The molecule has 21 heavy (non-hydrogen) atoms. The Morgan fingerprint density at radius 3 is 2.38 bits per heavy atom. The molecule has 1 saturated heterocycles. The van der Waals surface area contributed by atoms with Crippen LogP contribution in [-0.2, 0) is 6.18 Å². The Balaban J connectivity index is 0.00000220. The zero-order valence-electron chi connectivity index (χ0n) is 11.3. The van der Waals surface area contributed by atoms with Crippen molar-refractivity contribution >= 4 is 12.4 Å². The van der Waals surface area contributed by atoms with Gasteiger partial charge >= 0.3 is 6.18 Å². The molecule has 0 saturated carbocycles. The summed E-state index contributed by atoms with van der Waals surface area (Å²) in [5.41, 5.74) is -0.878. The van der Waals surface area contributed by atoms with E-state index in [4.69, 9.17) is 0 Å². The quantitative estimate of drug-likeness (QED) is 0.677. The lowest BCUT2D eigenvalue weighted by molar-refractivity contribution is -0.138. The second-order valence-corrected chi connectivity index (χ2v) is 4.70. The van der Waals surface area contributed by atoms with Crippen LogP contribution in [-0.4, -0.2) is 31.1 Å². The smallest absolute Gasteiger partial charge is 0.314 e. The third-order valence-electron chi connectivity index (χ3n) is 3.41. The van der Waals surface area contributed by atoms with Gasteiger partial charge in [-0.1, -0.05) is 6.08 Å². The van der Waals surface area contributed by atoms with Crippen molar-refractivity contribution < 1.29 is 17.6 Å². The Morgan fingerprint density at radius 1 is 1.24 bits per heavy atom. The first-order valence-corrected chi connectivity index (χ1v) is 6.37. The van der Waals surface area contributed by atoms with Crippen LogP contribution < -0.4 is 5.32 Å². The molecule has 1 N–H and O–H groups in total. The van der Waals surface area contributed by atoms with Crippen LogP contribution in [0.5, 0.6) is 0 Å². The first kappa shape index (κ1) is 17.9. The SMILES string of the molecule is C=C[C@H](c1cc(F)ccc1C(F)(F)F)N1CCNCC1.Cl. The second kappa shape index (κ2) is 7.24. The van der Waals surface area contributed by atoms with Crippen LogP contribution in [0.2, 0.25) is 0 Å². The van der Waals surface area contributed by atoms with Crippen LogP contribution in [0.25, 0.3) is 0 Å². The van der Waals surface area contributed by atoms with E-state index in [0.717, 1.165) is 18.2 Å². The fraction of sp³-hybridized carbons (Fsp3) is 0.429. The molecule has 1 fully saturated rings. The highest BCUT2D eigenvalue weighted by molar-refractivity contribution is 5.85. The highest BCUT2D eigenvalue weighted by Crippen LogP contribution is 2.37. The van der Waals surface area contributed by atoms with Crippen LogP contribution in [0.1, 0.15) is 17.2 Å². The molecule has 1 aromatic rings. The Kier molecular flexibility index (Phi) is 6.19. The van der Waals surface area contributed by atoms with Crippen molar-refractivity contribution in [3.63, 3.8) is 0 Å². The van der Waals surface area contributed by atoms with Crippen LogP contribution in [0, 0.1) is 5.82 Å². The molecule has 0 radical (unpaired) electrons. The zero-order chi connectivity index (χ0) is 14.8. The van der Waals surface area contributed by atoms with Crippen molar-refractivity contribution in [3.8, 4) is 0 Å². The maximum absolute atomic E-state index is 13.4. The largest absolute Gasteiger partial charge is 0.416 e. The van der Waals surface area contributed by atoms with Gasteiger partial charge in [0, 0.05) is 26.2 Å². The van der Waals surface area contributed by atoms with Gasteiger partial charge in [-0.05, 0) is 23.8 Å². The lowest BCUT2D eigenvalue weighted by Gasteiger charge is -2.34. The van der Waals surface area contributed by atoms with Crippen molar-refractivity contribution in [2.45, 2.75) is 12.2 Å². The van der Waals surface area contributed by atoms with Gasteiger partial charge in [0.25, 0.3) is 0 Å². The van der Waals surface area contributed by atoms with Gasteiger partial charge in [-0.2, -0.15) is 13.2 Å². The number of alkyl halides is 3. The highest BCUT2D eigenvalue weighted by atomic mass is 35.5. The van der Waals surface area contributed by atoms with Crippen LogP contribution in [0.3, 0.4) is 0 Å². The summed E-state index contributed by atoms with van der Waals surface area (Å²) in [4.78, 5) is 1.87. The van der Waals surface area contributed by atoms with Crippen molar-refractivity contribution in [2.75, 3.05) is 26.2 Å². The molecule has 0 spiro atoms. The second-order valence-electron chi connectivity index (χ2n) is 4.70. The van der Waals surface area contributed by atoms with E-state index < -0.39 is 23.6 Å². The van der Waals surface area contributed by atoms with E-state index in [1.165, 1.54) is 6.08 Å². The fourth-order valence-corrected chi connectivity index (χ4v) is 2.47. The van der Waals surface area contributed by atoms with E-state index in [0.29, 0.717) is 26.2 Å². The number of halogens is 5. The summed E-state index contributed by atoms with van der Waals surface area (Å²) in [7, 11) is 0. The van der Waals surface area contributed by atoms with Gasteiger partial charge < -0.3 is 5.32 Å². The summed E-state index contributed by atoms with van der Waals surface area (Å²) in [5, 5.41) is 3.13. The fourth-order valence-electron chi connectivity index (χ4n) is 2.47. The molecule has 118 valence electrons. The Bertz CT molecular complexity index is 484. The summed E-state index contributed by atoms with van der Waals surface area (Å²) in [6.07, 6.45) is -3.06. The monoisotopic (exact) mass is 324 g/mol. The topological polar surface area (TPSA) is 15.3 Å². The predicted octanol–water partition coefficient (Wildman–Crippen LogP) is 3.40. The summed E-state index contributed by atoms with van der Waals surface area (Å²) in [6, 6.07) is 1.95. The number of hydrogen-bond acceptors (Lipinski definition) is 2. The number of hydrogen-bond donors (Lipinski definition) is 1. The van der Waals surface area contributed by atoms with E-state index in [1.54, 1.807) is 0 Å². The van der Waals surface area contributed by atoms with Gasteiger partial charge in [0.15, 0.2) is 0 Å². The third-order valence-corrected chi connectivity index (χ3v) is 3.41. The van der Waals surface area contributed by atoms with Gasteiger partial charge in [-0.25, -0.2) is 4.39 Å². The van der Waals surface area contributed by atoms with E-state index in [-0.39, 0.29) is 18.0 Å². The van der Waals surface area contributed by atoms with E-state index in [2.05, 4.69) is 11.9 Å². The first-order chi connectivity index (χ1) is 9.43. The van der Waals surface area contributed by atoms with Crippen molar-refractivity contribution in [2.24, 2.45) is 0 Å². The summed E-state index contributed by atoms with van der Waals surface area (Å²) >= 11 is 0. The molecular formula is C14H17ClF4N2. The molecule has 0 aromatic heterocycles. The molecule has 7 heteroatoms. The van der Waals surface area contributed by atoms with Crippen molar-refractivity contribution in [1.82, 2.24) is 10.2 Å². The molecule has 1 aliphatic rings. The summed E-state index contributed by atoms with van der Waals surface area (Å²) < 4.78 is 52.5. The minimum atomic E-state index is -4.50. The molecule has 0 bridgehead atoms. The average Bonchev–Trinajstić information content (AvgIpc) is 2.39. The average molecular weight is 325 g/mol. The zero-order valence-corrected chi connectivity index (χ0v) is 12.1. The molecule has 2 rings (SSSR count). The van der Waals surface area contributed by atoms with Crippen molar-refractivity contribution in [3.05, 3.63) is 47.8 Å². The molecule has 0 aliphatic carbocycles. The van der Waals surface area contributed by atoms with E-state index in [9.17, 15) is 17.6 Å². The van der Waals surface area contributed by atoms with Crippen molar-refractivity contribution in [1.29, 1.82) is 0 Å². The normalized spacial score (nSPS) is 17.9. The van der Waals surface area contributed by atoms with E-state index in [1.807, 2.05) is 4.90 Å². The van der Waals surface area contributed by atoms with Crippen LogP contribution >= 0.6 is 12.4 Å². The van der Waals surface area contributed by atoms with Gasteiger partial charge in [0.2, 0.25) is 0 Å². The molecule has 0 amide bonds. The Labute approximate surface area is 127 Å². The standard InChI is InChI=1S/C14H16F4N2.ClH/c1-2-13(20-7-5-19-6-8-20)11-9-10(15)3-4-12(11)14(16,17)18;/h2-4,9,13,19H,1,5-8H2;1H/t13-;/m1./s1. The number of rotatable bonds is 3. The lowest BCUT2D eigenvalue weighted by atomic mass is 9.97. The maximum atomic E-state index is 13.4. The van der Waals surface area contributed by atoms with Gasteiger partial charge in [0.05, 0.1) is 11.6 Å². The predicted molar refractivity (Wildman–Crippen MR) is 76.0 cm³/mol. The maximum Gasteiger partial charge on any atom is 0.416 e. The van der Waals surface area contributed by atoms with Crippen LogP contribution in [0.15, 0.2) is 30.9 Å². The summed E-state index contributed by atoms with van der Waals surface area (Å²) in [6.45, 7) is 6.21. The van der Waals surface area contributed by atoms with Gasteiger partial charge in [-0.3, -0.25) is 4.90 Å². The van der Waals surface area contributed by atoms with Gasteiger partial charge in [-0.15, -0.1) is 19.0 Å². The summed E-state index contributed by atoms with van der Waals surface area (Å²) in [5.74, 6) is -0.671. The number of nitrogens with one attached hydrogen (secondary N) is 1. The van der Waals surface area contributed by atoms with Crippen LogP contribution in [0.4, 0.5) is 17.6 Å². The molecule has 1 atom stereocenters. The molecule has 1 aliphatic heterocycles. The molecule has 0 unspecified atom stereocenters. The molecule has 1 heterocycles. The Morgan fingerprint density at radius 2 is 1.86 bits per heavy atom. The molecule has 1 aromatic carbocycles. The molecule has 2 nitrogen and oxygen atoms in total. The Hall–Kier alpha value is -1.11. The van der Waals surface area contributed by atoms with E-state index >= 15 is 0 Å². The number of benzene rings is 1. The number of piperazine rings is 1.